The molecule has 0 aliphatic heterocycles. The summed E-state index contributed by atoms with van der Waals surface area (Å²) in [4.78, 5) is 1.05. The summed E-state index contributed by atoms with van der Waals surface area (Å²) < 4.78 is 1.63. The number of nitrogen functional groups attached to an aromatic ring is 1. The zero-order valence-electron chi connectivity index (χ0n) is 8.51. The fourth-order valence-corrected chi connectivity index (χ4v) is 2.15. The van der Waals surface area contributed by atoms with Gasteiger partial charge >= 0.3 is 0 Å². The largest absolute Gasteiger partial charge is 0.399 e. The van der Waals surface area contributed by atoms with Crippen molar-refractivity contribution < 1.29 is 0 Å². The van der Waals surface area contributed by atoms with Crippen molar-refractivity contribution in [3.63, 3.8) is 0 Å². The van der Waals surface area contributed by atoms with Crippen LogP contribution in [-0.4, -0.2) is 20.2 Å². The second-order valence-electron chi connectivity index (χ2n) is 3.27. The highest BCUT2D eigenvalue weighted by molar-refractivity contribution is 7.99. The molecule has 0 amide bonds. The highest BCUT2D eigenvalue weighted by atomic mass is 32.2. The van der Waals surface area contributed by atoms with Crippen LogP contribution in [-0.2, 0) is 7.05 Å². The van der Waals surface area contributed by atoms with Crippen LogP contribution < -0.4 is 5.73 Å². The lowest BCUT2D eigenvalue weighted by atomic mass is 10.2. The highest BCUT2D eigenvalue weighted by Crippen LogP contribution is 2.27. The molecule has 78 valence electrons. The Labute approximate surface area is 91.7 Å². The number of aryl methyl sites for hydroxylation is 2. The van der Waals surface area contributed by atoms with E-state index in [1.54, 1.807) is 4.68 Å². The molecular weight excluding hydrogens is 210 g/mol. The first-order valence-corrected chi connectivity index (χ1v) is 5.24. The fraction of sp³-hybridized carbons (Fsp3) is 0.222. The van der Waals surface area contributed by atoms with E-state index >= 15 is 0 Å². The van der Waals surface area contributed by atoms with Crippen molar-refractivity contribution in [2.24, 2.45) is 7.05 Å². The van der Waals surface area contributed by atoms with Crippen molar-refractivity contribution in [2.75, 3.05) is 5.73 Å². The second-order valence-corrected chi connectivity index (χ2v) is 4.31. The minimum absolute atomic E-state index is 0.750. The van der Waals surface area contributed by atoms with E-state index in [2.05, 4.69) is 21.6 Å². The Morgan fingerprint density at radius 3 is 2.73 bits per heavy atom. The molecule has 0 unspecified atom stereocenters. The van der Waals surface area contributed by atoms with Crippen LogP contribution in [0.25, 0.3) is 0 Å². The highest BCUT2D eigenvalue weighted by Gasteiger charge is 2.05. The van der Waals surface area contributed by atoms with Gasteiger partial charge in [0.15, 0.2) is 0 Å². The number of hydrogen-bond donors (Lipinski definition) is 1. The van der Waals surface area contributed by atoms with Gasteiger partial charge in [-0.2, -0.15) is 0 Å². The lowest BCUT2D eigenvalue weighted by molar-refractivity contribution is 0.664. The minimum Gasteiger partial charge on any atom is -0.399 e. The molecule has 0 saturated carbocycles. The lowest BCUT2D eigenvalue weighted by Gasteiger charge is -2.02. The predicted molar refractivity (Wildman–Crippen MR) is 58.5 cm³/mol. The Kier molecular flexibility index (Phi) is 2.59. The van der Waals surface area contributed by atoms with E-state index in [1.165, 1.54) is 11.8 Å². The number of hydrogen-bond acceptors (Lipinski definition) is 5. The molecule has 1 aromatic heterocycles. The predicted octanol–water partition coefficient (Wildman–Crippen LogP) is 1.25. The number of tetrazole rings is 1. The van der Waals surface area contributed by atoms with Gasteiger partial charge in [-0.25, -0.2) is 4.68 Å². The monoisotopic (exact) mass is 221 g/mol. The third kappa shape index (κ3) is 2.27. The summed E-state index contributed by atoms with van der Waals surface area (Å²) in [6, 6.07) is 5.89. The number of benzene rings is 1. The van der Waals surface area contributed by atoms with Crippen molar-refractivity contribution in [3.05, 3.63) is 23.8 Å². The van der Waals surface area contributed by atoms with Crippen molar-refractivity contribution in [3.8, 4) is 0 Å². The maximum atomic E-state index is 5.75. The minimum atomic E-state index is 0.750. The molecule has 15 heavy (non-hydrogen) atoms. The second kappa shape index (κ2) is 3.90. The quantitative estimate of drug-likeness (QED) is 0.773. The first-order valence-electron chi connectivity index (χ1n) is 4.42. The van der Waals surface area contributed by atoms with E-state index in [1.807, 2.05) is 26.1 Å². The molecule has 0 atom stereocenters. The molecule has 1 aromatic carbocycles. The zero-order valence-corrected chi connectivity index (χ0v) is 9.32. The van der Waals surface area contributed by atoms with Gasteiger partial charge in [0.05, 0.1) is 0 Å². The summed E-state index contributed by atoms with van der Waals surface area (Å²) in [5.74, 6) is 0. The summed E-state index contributed by atoms with van der Waals surface area (Å²) in [6.07, 6.45) is 0. The maximum absolute atomic E-state index is 5.75. The Morgan fingerprint density at radius 2 is 2.13 bits per heavy atom. The molecule has 0 saturated heterocycles. The Bertz CT molecular complexity index is 459. The van der Waals surface area contributed by atoms with Crippen LogP contribution in [0.1, 0.15) is 5.56 Å². The summed E-state index contributed by atoms with van der Waals surface area (Å²) in [7, 11) is 1.81. The van der Waals surface area contributed by atoms with Gasteiger partial charge in [0.25, 0.3) is 0 Å². The third-order valence-electron chi connectivity index (χ3n) is 1.86. The van der Waals surface area contributed by atoms with Crippen molar-refractivity contribution in [2.45, 2.75) is 17.0 Å². The van der Waals surface area contributed by atoms with Gasteiger partial charge in [-0.15, -0.1) is 5.10 Å². The molecular formula is C9H11N5S. The Morgan fingerprint density at radius 1 is 1.33 bits per heavy atom. The molecule has 6 heteroatoms. The van der Waals surface area contributed by atoms with E-state index in [0.29, 0.717) is 0 Å². The van der Waals surface area contributed by atoms with Gasteiger partial charge in [-0.05, 0) is 52.9 Å². The average molecular weight is 221 g/mol. The van der Waals surface area contributed by atoms with Gasteiger partial charge in [0.2, 0.25) is 5.16 Å². The van der Waals surface area contributed by atoms with E-state index in [4.69, 9.17) is 5.73 Å². The van der Waals surface area contributed by atoms with Crippen LogP contribution in [0.2, 0.25) is 0 Å². The Balaban J connectivity index is 2.28. The molecule has 2 aromatic rings. The summed E-state index contributed by atoms with van der Waals surface area (Å²) in [6.45, 7) is 2.01. The van der Waals surface area contributed by atoms with E-state index in [0.717, 1.165) is 21.3 Å². The molecule has 2 N–H and O–H groups in total. The Hall–Kier alpha value is -1.56. The molecule has 2 rings (SSSR count). The number of anilines is 1. The summed E-state index contributed by atoms with van der Waals surface area (Å²) in [5, 5.41) is 12.0. The topological polar surface area (TPSA) is 69.6 Å². The van der Waals surface area contributed by atoms with E-state index in [-0.39, 0.29) is 0 Å². The number of rotatable bonds is 2. The first-order chi connectivity index (χ1) is 7.15. The van der Waals surface area contributed by atoms with E-state index < -0.39 is 0 Å². The molecule has 0 fully saturated rings. The fourth-order valence-electron chi connectivity index (χ4n) is 1.25. The van der Waals surface area contributed by atoms with E-state index in [9.17, 15) is 0 Å². The third-order valence-corrected chi connectivity index (χ3v) is 2.86. The van der Waals surface area contributed by atoms with Gasteiger partial charge in [-0.3, -0.25) is 0 Å². The number of nitrogens with zero attached hydrogens (tertiary/aromatic N) is 4. The molecule has 5 nitrogen and oxygen atoms in total. The molecule has 1 heterocycles. The normalized spacial score (nSPS) is 10.5. The van der Waals surface area contributed by atoms with Crippen LogP contribution in [0.3, 0.4) is 0 Å². The van der Waals surface area contributed by atoms with Gasteiger partial charge in [-0.1, -0.05) is 0 Å². The number of aromatic nitrogens is 4. The van der Waals surface area contributed by atoms with Gasteiger partial charge in [0.1, 0.15) is 0 Å². The van der Waals surface area contributed by atoms with Crippen LogP contribution in [0.5, 0.6) is 0 Å². The van der Waals surface area contributed by atoms with Crippen molar-refractivity contribution in [1.82, 2.24) is 20.2 Å². The van der Waals surface area contributed by atoms with Gasteiger partial charge < -0.3 is 5.73 Å². The molecule has 0 radical (unpaired) electrons. The SMILES string of the molecule is Cc1cc(N)cc(Sc2nnnn2C)c1. The smallest absolute Gasteiger partial charge is 0.213 e. The standard InChI is InChI=1S/C9H11N5S/c1-6-3-7(10)5-8(4-6)15-9-11-12-13-14(9)2/h3-5H,10H2,1-2H3. The van der Waals surface area contributed by atoms with Crippen LogP contribution >= 0.6 is 11.8 Å². The molecule has 0 aliphatic carbocycles. The van der Waals surface area contributed by atoms with Crippen molar-refractivity contribution in [1.29, 1.82) is 0 Å². The summed E-state index contributed by atoms with van der Waals surface area (Å²) >= 11 is 1.50. The molecule has 0 aliphatic rings. The molecule has 0 bridgehead atoms. The first kappa shape index (κ1) is 9.97. The van der Waals surface area contributed by atoms with Crippen LogP contribution in [0.4, 0.5) is 5.69 Å². The summed E-state index contributed by atoms with van der Waals surface area (Å²) in [5.41, 5.74) is 7.64. The molecule has 0 spiro atoms. The lowest BCUT2D eigenvalue weighted by Crippen LogP contribution is -1.93. The number of nitrogens with two attached hydrogens (primary N) is 1. The average Bonchev–Trinajstić information content (AvgIpc) is 2.50. The zero-order chi connectivity index (χ0) is 10.8. The van der Waals surface area contributed by atoms with Crippen LogP contribution in [0.15, 0.2) is 28.3 Å². The van der Waals surface area contributed by atoms with Crippen LogP contribution in [0, 0.1) is 6.92 Å². The van der Waals surface area contributed by atoms with Gasteiger partial charge in [0, 0.05) is 17.6 Å². The van der Waals surface area contributed by atoms with Crippen molar-refractivity contribution >= 4 is 17.4 Å². The maximum Gasteiger partial charge on any atom is 0.213 e.